The zero-order valence-corrected chi connectivity index (χ0v) is 13.9. The van der Waals surface area contributed by atoms with Crippen LogP contribution in [0.1, 0.15) is 52.9 Å². The van der Waals surface area contributed by atoms with Crippen molar-refractivity contribution in [2.45, 2.75) is 52.9 Å². The van der Waals surface area contributed by atoms with Gasteiger partial charge in [0.15, 0.2) is 5.78 Å². The van der Waals surface area contributed by atoms with E-state index in [1.807, 2.05) is 6.08 Å². The number of rotatable bonds is 0. The fraction of sp³-hybridized carbons (Fsp3) is 0.700. The number of ketones is 2. The average molecular weight is 298 g/mol. The number of allylic oxidation sites excluding steroid dienone is 4. The van der Waals surface area contributed by atoms with Gasteiger partial charge in [-0.25, -0.2) is 0 Å². The summed E-state index contributed by atoms with van der Waals surface area (Å²) in [6.07, 6.45) is 11.0. The van der Waals surface area contributed by atoms with Crippen LogP contribution in [-0.2, 0) is 9.59 Å². The maximum atomic E-state index is 12.4. The predicted octanol–water partition coefficient (Wildman–Crippen LogP) is 4.11. The molecular weight excluding hydrogens is 272 g/mol. The Labute approximate surface area is 133 Å². The van der Waals surface area contributed by atoms with E-state index in [4.69, 9.17) is 0 Å². The minimum Gasteiger partial charge on any atom is -0.299 e. The maximum absolute atomic E-state index is 12.4. The van der Waals surface area contributed by atoms with Gasteiger partial charge in [-0.3, -0.25) is 9.59 Å². The molecule has 0 aromatic rings. The fourth-order valence-corrected chi connectivity index (χ4v) is 6.39. The Balaban J connectivity index is 1.76. The minimum absolute atomic E-state index is 0.0310. The third-order valence-electron chi connectivity index (χ3n) is 7.59. The first kappa shape index (κ1) is 14.4. The molecule has 6 atom stereocenters. The van der Waals surface area contributed by atoms with Crippen LogP contribution >= 0.6 is 0 Å². The normalized spacial score (nSPS) is 50.2. The summed E-state index contributed by atoms with van der Waals surface area (Å²) < 4.78 is 0. The van der Waals surface area contributed by atoms with Gasteiger partial charge in [-0.1, -0.05) is 32.4 Å². The lowest BCUT2D eigenvalue weighted by Crippen LogP contribution is -2.51. The lowest BCUT2D eigenvalue weighted by atomic mass is 9.47. The van der Waals surface area contributed by atoms with E-state index in [1.165, 1.54) is 5.57 Å². The second-order valence-electron chi connectivity index (χ2n) is 8.55. The van der Waals surface area contributed by atoms with E-state index in [1.54, 1.807) is 6.08 Å². The number of hydrogen-bond acceptors (Lipinski definition) is 2. The molecule has 0 saturated heterocycles. The van der Waals surface area contributed by atoms with Crippen molar-refractivity contribution >= 4 is 11.6 Å². The van der Waals surface area contributed by atoms with Crippen molar-refractivity contribution < 1.29 is 9.59 Å². The summed E-state index contributed by atoms with van der Waals surface area (Å²) in [5, 5.41) is 0. The Hall–Kier alpha value is -1.18. The zero-order chi connectivity index (χ0) is 15.7. The standard InChI is InChI=1S/C20H26O2/c1-12-10-14-15-4-5-18(22)20(15,3)9-7-16(14)19(2)8-6-13(21)11-17(12)19/h6,8,11-12,14-16H,4-5,7,9-10H2,1-3H3/t12-,14-,15-,16-,19+,20-/m0/s1. The Bertz CT molecular complexity index is 613. The van der Waals surface area contributed by atoms with Crippen molar-refractivity contribution in [3.8, 4) is 0 Å². The van der Waals surface area contributed by atoms with Crippen LogP contribution in [0.15, 0.2) is 23.8 Å². The van der Waals surface area contributed by atoms with Crippen LogP contribution in [0.5, 0.6) is 0 Å². The smallest absolute Gasteiger partial charge is 0.178 e. The van der Waals surface area contributed by atoms with Gasteiger partial charge < -0.3 is 0 Å². The molecule has 0 heterocycles. The van der Waals surface area contributed by atoms with Gasteiger partial charge in [0.1, 0.15) is 5.78 Å². The molecule has 4 aliphatic carbocycles. The molecule has 0 unspecified atom stereocenters. The Morgan fingerprint density at radius 3 is 2.68 bits per heavy atom. The van der Waals surface area contributed by atoms with Crippen LogP contribution in [0.3, 0.4) is 0 Å². The molecule has 0 aromatic carbocycles. The molecular formula is C20H26O2. The van der Waals surface area contributed by atoms with Gasteiger partial charge in [0.25, 0.3) is 0 Å². The monoisotopic (exact) mass is 298 g/mol. The highest BCUT2D eigenvalue weighted by atomic mass is 16.1. The highest BCUT2D eigenvalue weighted by Gasteiger charge is 2.59. The lowest BCUT2D eigenvalue weighted by molar-refractivity contribution is -0.132. The van der Waals surface area contributed by atoms with Crippen LogP contribution in [-0.4, -0.2) is 11.6 Å². The van der Waals surface area contributed by atoms with Gasteiger partial charge in [0, 0.05) is 17.3 Å². The minimum atomic E-state index is -0.0628. The van der Waals surface area contributed by atoms with Crippen LogP contribution in [0, 0.1) is 34.5 Å². The molecule has 0 radical (unpaired) electrons. The third kappa shape index (κ3) is 1.67. The number of hydrogen-bond donors (Lipinski definition) is 0. The number of carbonyl (C=O) groups excluding carboxylic acids is 2. The molecule has 3 saturated carbocycles. The molecule has 4 aliphatic rings. The van der Waals surface area contributed by atoms with Crippen molar-refractivity contribution in [2.24, 2.45) is 34.5 Å². The van der Waals surface area contributed by atoms with E-state index < -0.39 is 0 Å². The molecule has 2 heteroatoms. The van der Waals surface area contributed by atoms with E-state index in [9.17, 15) is 9.59 Å². The van der Waals surface area contributed by atoms with E-state index in [0.717, 1.165) is 32.1 Å². The second kappa shape index (κ2) is 4.43. The molecule has 4 rings (SSSR count). The van der Waals surface area contributed by atoms with E-state index >= 15 is 0 Å². The van der Waals surface area contributed by atoms with Crippen molar-refractivity contribution in [1.29, 1.82) is 0 Å². The SMILES string of the molecule is C[C@H]1C[C@@H]2[C@H](CC[C@]3(C)C(=O)CC[C@@H]23)[C@@]2(C)C=CC(=O)C=C12. The quantitative estimate of drug-likeness (QED) is 0.674. The van der Waals surface area contributed by atoms with E-state index in [2.05, 4.69) is 26.8 Å². The summed E-state index contributed by atoms with van der Waals surface area (Å²) in [6.45, 7) is 6.83. The fourth-order valence-electron chi connectivity index (χ4n) is 6.39. The van der Waals surface area contributed by atoms with Crippen LogP contribution in [0.4, 0.5) is 0 Å². The van der Waals surface area contributed by atoms with Gasteiger partial charge >= 0.3 is 0 Å². The van der Waals surface area contributed by atoms with Crippen molar-refractivity contribution in [3.05, 3.63) is 23.8 Å². The van der Waals surface area contributed by atoms with Crippen LogP contribution in [0.25, 0.3) is 0 Å². The molecule has 0 bridgehead atoms. The second-order valence-corrected chi connectivity index (χ2v) is 8.55. The molecule has 0 N–H and O–H groups in total. The predicted molar refractivity (Wildman–Crippen MR) is 86.2 cm³/mol. The first-order chi connectivity index (χ1) is 10.4. The summed E-state index contributed by atoms with van der Waals surface area (Å²) in [4.78, 5) is 24.3. The summed E-state index contributed by atoms with van der Waals surface area (Å²) in [5.41, 5.74) is 1.31. The maximum Gasteiger partial charge on any atom is 0.178 e. The Kier molecular flexibility index (Phi) is 2.90. The molecule has 2 nitrogen and oxygen atoms in total. The van der Waals surface area contributed by atoms with Crippen molar-refractivity contribution in [1.82, 2.24) is 0 Å². The average Bonchev–Trinajstić information content (AvgIpc) is 2.77. The summed E-state index contributed by atoms with van der Waals surface area (Å²) in [6, 6.07) is 0. The molecule has 3 fully saturated rings. The molecule has 22 heavy (non-hydrogen) atoms. The van der Waals surface area contributed by atoms with E-state index in [0.29, 0.717) is 29.5 Å². The first-order valence-corrected chi connectivity index (χ1v) is 8.85. The summed E-state index contributed by atoms with van der Waals surface area (Å²) in [5.74, 6) is 2.91. The van der Waals surface area contributed by atoms with Gasteiger partial charge in [0.2, 0.25) is 0 Å². The van der Waals surface area contributed by atoms with Crippen molar-refractivity contribution in [2.75, 3.05) is 0 Å². The van der Waals surface area contributed by atoms with Crippen LogP contribution in [0.2, 0.25) is 0 Å². The zero-order valence-electron chi connectivity index (χ0n) is 13.9. The van der Waals surface area contributed by atoms with Crippen LogP contribution < -0.4 is 0 Å². The lowest BCUT2D eigenvalue weighted by Gasteiger charge is -2.57. The Morgan fingerprint density at radius 1 is 1.14 bits per heavy atom. The molecule has 0 amide bonds. The summed E-state index contributed by atoms with van der Waals surface area (Å²) >= 11 is 0. The highest BCUT2D eigenvalue weighted by Crippen LogP contribution is 2.64. The first-order valence-electron chi connectivity index (χ1n) is 8.85. The third-order valence-corrected chi connectivity index (χ3v) is 7.59. The summed E-state index contributed by atoms with van der Waals surface area (Å²) in [7, 11) is 0. The largest absolute Gasteiger partial charge is 0.299 e. The molecule has 0 aliphatic heterocycles. The molecule has 0 spiro atoms. The number of carbonyl (C=O) groups is 2. The Morgan fingerprint density at radius 2 is 1.91 bits per heavy atom. The molecule has 0 aromatic heterocycles. The van der Waals surface area contributed by atoms with Crippen molar-refractivity contribution in [3.63, 3.8) is 0 Å². The number of fused-ring (bicyclic) bond motifs is 5. The topological polar surface area (TPSA) is 34.1 Å². The van der Waals surface area contributed by atoms with Gasteiger partial charge in [0.05, 0.1) is 0 Å². The van der Waals surface area contributed by atoms with Gasteiger partial charge in [-0.2, -0.15) is 0 Å². The highest BCUT2D eigenvalue weighted by molar-refractivity contribution is 6.01. The van der Waals surface area contributed by atoms with Gasteiger partial charge in [-0.05, 0) is 61.5 Å². The van der Waals surface area contributed by atoms with E-state index in [-0.39, 0.29) is 16.6 Å². The van der Waals surface area contributed by atoms with Gasteiger partial charge in [-0.15, -0.1) is 0 Å². The number of Topliss-reactive ketones (excluding diaryl/α,β-unsaturated/α-hetero) is 1. The molecule has 118 valence electrons.